The van der Waals surface area contributed by atoms with Gasteiger partial charge in [-0.2, -0.15) is 0 Å². The minimum atomic E-state index is -1.24. The summed E-state index contributed by atoms with van der Waals surface area (Å²) in [6.07, 6.45) is 1.42. The van der Waals surface area contributed by atoms with E-state index in [0.29, 0.717) is 12.5 Å². The third-order valence-electron chi connectivity index (χ3n) is 2.96. The Balaban J connectivity index is 4.16. The lowest BCUT2D eigenvalue weighted by atomic mass is 10.0. The van der Waals surface area contributed by atoms with Crippen LogP contribution >= 0.6 is 0 Å². The summed E-state index contributed by atoms with van der Waals surface area (Å²) >= 11 is 0. The van der Waals surface area contributed by atoms with Crippen LogP contribution in [0.3, 0.4) is 0 Å². The van der Waals surface area contributed by atoms with Gasteiger partial charge in [0.15, 0.2) is 0 Å². The van der Waals surface area contributed by atoms with Gasteiger partial charge in [0.2, 0.25) is 0 Å². The molecule has 0 heterocycles. The molecule has 0 bridgehead atoms. The minimum Gasteiger partial charge on any atom is -0.481 e. The van der Waals surface area contributed by atoms with Gasteiger partial charge >= 0.3 is 18.0 Å². The van der Waals surface area contributed by atoms with Gasteiger partial charge in [0.05, 0.1) is 0 Å². The van der Waals surface area contributed by atoms with Gasteiger partial charge in [-0.15, -0.1) is 0 Å². The summed E-state index contributed by atoms with van der Waals surface area (Å²) < 4.78 is 0. The fourth-order valence-corrected chi connectivity index (χ4v) is 1.55. The van der Waals surface area contributed by atoms with Crippen molar-refractivity contribution < 1.29 is 24.6 Å². The lowest BCUT2D eigenvalue weighted by Gasteiger charge is -2.17. The highest BCUT2D eigenvalue weighted by Crippen LogP contribution is 2.05. The Labute approximate surface area is 112 Å². The number of carboxylic acids is 2. The van der Waals surface area contributed by atoms with Crippen LogP contribution in [0, 0.1) is 5.92 Å². The molecule has 19 heavy (non-hydrogen) atoms. The zero-order valence-electron chi connectivity index (χ0n) is 11.3. The molecule has 0 saturated heterocycles. The quantitative estimate of drug-likeness (QED) is 0.501. The molecular formula is C12H22N2O5. The molecule has 110 valence electrons. The lowest BCUT2D eigenvalue weighted by Crippen LogP contribution is -2.47. The Kier molecular flexibility index (Phi) is 8.32. The molecule has 1 unspecified atom stereocenters. The highest BCUT2D eigenvalue weighted by Gasteiger charge is 2.20. The van der Waals surface area contributed by atoms with Crippen molar-refractivity contribution in [2.75, 3.05) is 6.54 Å². The molecule has 0 aliphatic rings. The molecule has 0 spiro atoms. The number of carbonyl (C=O) groups excluding carboxylic acids is 1. The number of amides is 2. The average molecular weight is 274 g/mol. The largest absolute Gasteiger partial charge is 0.481 e. The van der Waals surface area contributed by atoms with E-state index < -0.39 is 24.0 Å². The third-order valence-corrected chi connectivity index (χ3v) is 2.96. The van der Waals surface area contributed by atoms with Crippen molar-refractivity contribution in [2.24, 2.45) is 5.92 Å². The number of rotatable bonds is 9. The van der Waals surface area contributed by atoms with Gasteiger partial charge < -0.3 is 20.8 Å². The summed E-state index contributed by atoms with van der Waals surface area (Å²) in [6, 6.07) is -1.76. The molecule has 0 aromatic rings. The number of nitrogens with one attached hydrogen (secondary N) is 2. The Bertz CT molecular complexity index is 315. The molecule has 0 saturated carbocycles. The number of aliphatic carboxylic acids is 2. The van der Waals surface area contributed by atoms with Crippen LogP contribution in [0.4, 0.5) is 4.79 Å². The van der Waals surface area contributed by atoms with Gasteiger partial charge in [-0.1, -0.05) is 26.7 Å². The maximum atomic E-state index is 11.5. The molecule has 0 aliphatic carbocycles. The van der Waals surface area contributed by atoms with Gasteiger partial charge in [-0.05, 0) is 12.3 Å². The molecule has 0 rings (SSSR count). The first kappa shape index (κ1) is 17.2. The van der Waals surface area contributed by atoms with Gasteiger partial charge in [0.1, 0.15) is 6.04 Å². The smallest absolute Gasteiger partial charge is 0.326 e. The Morgan fingerprint density at radius 1 is 1.11 bits per heavy atom. The maximum Gasteiger partial charge on any atom is 0.326 e. The second kappa shape index (κ2) is 9.18. The molecule has 0 radical (unpaired) electrons. The number of urea groups is 1. The number of carboxylic acid groups (broad SMARTS) is 2. The molecule has 0 aromatic carbocycles. The van der Waals surface area contributed by atoms with Crippen molar-refractivity contribution in [3.63, 3.8) is 0 Å². The summed E-state index contributed by atoms with van der Waals surface area (Å²) in [5.74, 6) is -1.97. The van der Waals surface area contributed by atoms with Gasteiger partial charge in [-0.3, -0.25) is 4.79 Å². The highest BCUT2D eigenvalue weighted by atomic mass is 16.4. The van der Waals surface area contributed by atoms with Crippen LogP contribution in [-0.4, -0.2) is 40.8 Å². The van der Waals surface area contributed by atoms with Crippen LogP contribution < -0.4 is 10.6 Å². The monoisotopic (exact) mass is 274 g/mol. The van der Waals surface area contributed by atoms with Crippen LogP contribution in [0.25, 0.3) is 0 Å². The van der Waals surface area contributed by atoms with E-state index in [1.807, 2.05) is 13.8 Å². The second-order valence-electron chi connectivity index (χ2n) is 4.36. The van der Waals surface area contributed by atoms with Gasteiger partial charge in [0, 0.05) is 13.0 Å². The number of carbonyl (C=O) groups is 3. The highest BCUT2D eigenvalue weighted by molar-refractivity contribution is 5.82. The summed E-state index contributed by atoms with van der Waals surface area (Å²) in [5, 5.41) is 22.2. The van der Waals surface area contributed by atoms with Crippen LogP contribution in [0.15, 0.2) is 0 Å². The number of hydrogen-bond acceptors (Lipinski definition) is 3. The molecule has 0 aliphatic heterocycles. The Morgan fingerprint density at radius 2 is 1.68 bits per heavy atom. The fraction of sp³-hybridized carbons (Fsp3) is 0.750. The Hall–Kier alpha value is -1.79. The standard InChI is InChI=1S/C12H22N2O5/c1-3-8(4-2)7-13-12(19)14-9(11(17)18)5-6-10(15)16/h8-9H,3-7H2,1-2H3,(H,15,16)(H,17,18)(H2,13,14,19). The zero-order valence-corrected chi connectivity index (χ0v) is 11.3. The summed E-state index contributed by atoms with van der Waals surface area (Å²) in [6.45, 7) is 4.51. The SMILES string of the molecule is CCC(CC)CNC(=O)NC(CCC(=O)O)C(=O)O. The molecule has 2 amide bonds. The van der Waals surface area contributed by atoms with Crippen molar-refractivity contribution in [3.05, 3.63) is 0 Å². The first-order valence-corrected chi connectivity index (χ1v) is 6.39. The maximum absolute atomic E-state index is 11.5. The zero-order chi connectivity index (χ0) is 14.8. The van der Waals surface area contributed by atoms with Crippen LogP contribution in [0.2, 0.25) is 0 Å². The van der Waals surface area contributed by atoms with Crippen molar-refractivity contribution in [1.29, 1.82) is 0 Å². The fourth-order valence-electron chi connectivity index (χ4n) is 1.55. The van der Waals surface area contributed by atoms with Crippen molar-refractivity contribution in [2.45, 2.75) is 45.6 Å². The molecule has 0 fully saturated rings. The first-order valence-electron chi connectivity index (χ1n) is 6.39. The van der Waals surface area contributed by atoms with E-state index in [4.69, 9.17) is 10.2 Å². The lowest BCUT2D eigenvalue weighted by molar-refractivity contribution is -0.140. The van der Waals surface area contributed by atoms with E-state index in [1.54, 1.807) is 0 Å². The van der Waals surface area contributed by atoms with Crippen LogP contribution in [0.5, 0.6) is 0 Å². The molecule has 7 nitrogen and oxygen atoms in total. The van der Waals surface area contributed by atoms with Crippen molar-refractivity contribution in [1.82, 2.24) is 10.6 Å². The number of hydrogen-bond donors (Lipinski definition) is 4. The average Bonchev–Trinajstić information content (AvgIpc) is 2.35. The van der Waals surface area contributed by atoms with Crippen molar-refractivity contribution in [3.8, 4) is 0 Å². The van der Waals surface area contributed by atoms with Crippen molar-refractivity contribution >= 4 is 18.0 Å². The molecule has 0 aromatic heterocycles. The molecule has 4 N–H and O–H groups in total. The molecular weight excluding hydrogens is 252 g/mol. The normalized spacial score (nSPS) is 11.9. The van der Waals surface area contributed by atoms with Gasteiger partial charge in [0.25, 0.3) is 0 Å². The molecule has 1 atom stereocenters. The minimum absolute atomic E-state index is 0.136. The summed E-state index contributed by atoms with van der Waals surface area (Å²) in [4.78, 5) is 32.8. The van der Waals surface area contributed by atoms with Gasteiger partial charge in [-0.25, -0.2) is 9.59 Å². The van der Waals surface area contributed by atoms with E-state index in [0.717, 1.165) is 12.8 Å². The second-order valence-corrected chi connectivity index (χ2v) is 4.36. The predicted octanol–water partition coefficient (Wildman–Crippen LogP) is 1.04. The van der Waals surface area contributed by atoms with Crippen LogP contribution in [-0.2, 0) is 9.59 Å². The first-order chi connectivity index (χ1) is 8.90. The van der Waals surface area contributed by atoms with E-state index in [1.165, 1.54) is 0 Å². The van der Waals surface area contributed by atoms with Crippen LogP contribution in [0.1, 0.15) is 39.5 Å². The Morgan fingerprint density at radius 3 is 2.11 bits per heavy atom. The van der Waals surface area contributed by atoms with E-state index in [2.05, 4.69) is 10.6 Å². The topological polar surface area (TPSA) is 116 Å². The van der Waals surface area contributed by atoms with E-state index in [-0.39, 0.29) is 12.8 Å². The van der Waals surface area contributed by atoms with E-state index in [9.17, 15) is 14.4 Å². The van der Waals surface area contributed by atoms with E-state index >= 15 is 0 Å². The summed E-state index contributed by atoms with van der Waals surface area (Å²) in [5.41, 5.74) is 0. The summed E-state index contributed by atoms with van der Waals surface area (Å²) in [7, 11) is 0. The third kappa shape index (κ3) is 8.01. The molecule has 7 heteroatoms. The predicted molar refractivity (Wildman–Crippen MR) is 68.9 cm³/mol.